The Morgan fingerprint density at radius 1 is 1.56 bits per heavy atom. The number of hydrogen-bond donors (Lipinski definition) is 2. The van der Waals surface area contributed by atoms with Crippen molar-refractivity contribution in [2.75, 3.05) is 0 Å². The topological polar surface area (TPSA) is 88.0 Å². The van der Waals surface area contributed by atoms with Gasteiger partial charge < -0.3 is 10.2 Å². The van der Waals surface area contributed by atoms with Gasteiger partial charge in [0.1, 0.15) is 12.1 Å². The summed E-state index contributed by atoms with van der Waals surface area (Å²) in [5, 5.41) is 31.7. The highest BCUT2D eigenvalue weighted by atomic mass is 19.2. The monoisotopic (exact) mass is 130 g/mol. The van der Waals surface area contributed by atoms with Crippen LogP contribution in [0, 0.1) is 22.7 Å². The van der Waals surface area contributed by atoms with E-state index in [0.717, 1.165) is 6.07 Å². The van der Waals surface area contributed by atoms with Crippen LogP contribution in [0.4, 0.5) is 4.39 Å². The number of rotatable bonds is 1. The second kappa shape index (κ2) is 2.40. The zero-order valence-corrected chi connectivity index (χ0v) is 4.24. The Bertz CT molecular complexity index is 178. The lowest BCUT2D eigenvalue weighted by Crippen LogP contribution is -2.34. The summed E-state index contributed by atoms with van der Waals surface area (Å²) in [4.78, 5) is 0. The van der Waals surface area contributed by atoms with Crippen LogP contribution < -0.4 is 0 Å². The Hall–Kier alpha value is -1.17. The van der Waals surface area contributed by atoms with Crippen molar-refractivity contribution in [2.45, 2.75) is 12.0 Å². The molecule has 2 N–H and O–H groups in total. The van der Waals surface area contributed by atoms with Crippen LogP contribution in [0.25, 0.3) is 0 Å². The van der Waals surface area contributed by atoms with E-state index in [1.54, 1.807) is 0 Å². The molecule has 0 aromatic heterocycles. The van der Waals surface area contributed by atoms with Crippen molar-refractivity contribution in [1.29, 1.82) is 10.5 Å². The summed E-state index contributed by atoms with van der Waals surface area (Å²) in [6, 6.07) is 1.67. The van der Waals surface area contributed by atoms with Crippen LogP contribution >= 0.6 is 0 Å². The zero-order chi connectivity index (χ0) is 7.49. The van der Waals surface area contributed by atoms with Gasteiger partial charge >= 0.3 is 5.85 Å². The molecule has 0 heterocycles. The van der Waals surface area contributed by atoms with Crippen molar-refractivity contribution in [3.8, 4) is 12.1 Å². The van der Waals surface area contributed by atoms with Gasteiger partial charge in [-0.3, -0.25) is 0 Å². The maximum absolute atomic E-state index is 11.9. The van der Waals surface area contributed by atoms with Crippen LogP contribution in [0.2, 0.25) is 0 Å². The summed E-state index contributed by atoms with van der Waals surface area (Å²) in [5.74, 6) is -3.45. The molecule has 0 radical (unpaired) electrons. The number of alkyl halides is 1. The minimum Gasteiger partial charge on any atom is -0.372 e. The van der Waals surface area contributed by atoms with Crippen LogP contribution in [0.5, 0.6) is 0 Å². The van der Waals surface area contributed by atoms with Gasteiger partial charge in [0.05, 0.1) is 0 Å². The first-order chi connectivity index (χ1) is 4.04. The summed E-state index contributed by atoms with van der Waals surface area (Å²) >= 11 is 0. The summed E-state index contributed by atoms with van der Waals surface area (Å²) in [7, 11) is 0. The van der Waals surface area contributed by atoms with E-state index >= 15 is 0 Å². The molecule has 0 aliphatic heterocycles. The Kier molecular flexibility index (Phi) is 2.09. The molecule has 4 nitrogen and oxygen atoms in total. The number of hydrogen-bond acceptors (Lipinski definition) is 4. The predicted molar refractivity (Wildman–Crippen MR) is 23.3 cm³/mol. The maximum Gasteiger partial charge on any atom is 0.334 e. The van der Waals surface area contributed by atoms with Crippen LogP contribution in [0.15, 0.2) is 0 Å². The first-order valence-electron chi connectivity index (χ1n) is 1.95. The molecule has 0 aliphatic rings. The molecular weight excluding hydrogens is 127 g/mol. The number of halogens is 1. The first-order valence-corrected chi connectivity index (χ1v) is 1.95. The van der Waals surface area contributed by atoms with Gasteiger partial charge in [0.25, 0.3) is 0 Å². The van der Waals surface area contributed by atoms with E-state index in [0.29, 0.717) is 6.07 Å². The average molecular weight is 130 g/mol. The summed E-state index contributed by atoms with van der Waals surface area (Å²) in [6.45, 7) is 0. The molecule has 0 aromatic rings. The lowest BCUT2D eigenvalue weighted by Gasteiger charge is -2.08. The van der Waals surface area contributed by atoms with Crippen molar-refractivity contribution >= 4 is 0 Å². The van der Waals surface area contributed by atoms with Gasteiger partial charge in [0, 0.05) is 0 Å². The molecule has 2 unspecified atom stereocenters. The summed E-state index contributed by atoms with van der Waals surface area (Å²) < 4.78 is 11.9. The molecule has 0 bridgehead atoms. The normalized spacial score (nSPS) is 18.8. The minimum atomic E-state index is -3.45. The van der Waals surface area contributed by atoms with Crippen molar-refractivity contribution in [2.24, 2.45) is 0 Å². The van der Waals surface area contributed by atoms with Crippen LogP contribution in [0.1, 0.15) is 0 Å². The molecule has 0 aromatic carbocycles. The van der Waals surface area contributed by atoms with Crippen molar-refractivity contribution < 1.29 is 14.6 Å². The third-order valence-electron chi connectivity index (χ3n) is 0.641. The molecule has 0 rings (SSSR count). The van der Waals surface area contributed by atoms with E-state index in [-0.39, 0.29) is 0 Å². The lowest BCUT2D eigenvalue weighted by molar-refractivity contribution is -0.103. The number of aliphatic hydroxyl groups is 2. The summed E-state index contributed by atoms with van der Waals surface area (Å²) in [6.07, 6.45) is -2.30. The van der Waals surface area contributed by atoms with Crippen molar-refractivity contribution in [3.05, 3.63) is 0 Å². The van der Waals surface area contributed by atoms with Gasteiger partial charge in [-0.1, -0.05) is 0 Å². The van der Waals surface area contributed by atoms with Crippen LogP contribution in [-0.4, -0.2) is 22.2 Å². The molecule has 0 saturated carbocycles. The largest absolute Gasteiger partial charge is 0.372 e. The highest BCUT2D eigenvalue weighted by molar-refractivity contribution is 5.05. The molecule has 2 atom stereocenters. The summed E-state index contributed by atoms with van der Waals surface area (Å²) in [5.41, 5.74) is 0. The van der Waals surface area contributed by atoms with Gasteiger partial charge in [-0.05, 0) is 0 Å². The molecule has 9 heavy (non-hydrogen) atoms. The minimum absolute atomic E-state index is 0.708. The zero-order valence-electron chi connectivity index (χ0n) is 4.24. The Labute approximate surface area is 50.4 Å². The van der Waals surface area contributed by atoms with Gasteiger partial charge in [-0.15, -0.1) is 0 Å². The fourth-order valence-corrected chi connectivity index (χ4v) is 0.147. The fourth-order valence-electron chi connectivity index (χ4n) is 0.147. The van der Waals surface area contributed by atoms with Gasteiger partial charge in [0.15, 0.2) is 0 Å². The van der Waals surface area contributed by atoms with Crippen molar-refractivity contribution in [3.63, 3.8) is 0 Å². The third-order valence-corrected chi connectivity index (χ3v) is 0.641. The molecule has 48 valence electrons. The lowest BCUT2D eigenvalue weighted by atomic mass is 10.2. The Balaban J connectivity index is 4.23. The third kappa shape index (κ3) is 1.65. The second-order valence-electron chi connectivity index (χ2n) is 1.32. The van der Waals surface area contributed by atoms with E-state index in [1.807, 2.05) is 0 Å². The van der Waals surface area contributed by atoms with E-state index in [4.69, 9.17) is 20.7 Å². The second-order valence-corrected chi connectivity index (χ2v) is 1.32. The predicted octanol–water partition coefficient (Wildman–Crippen LogP) is -0.947. The maximum atomic E-state index is 11.9. The number of nitrogens with zero attached hydrogens (tertiary/aromatic N) is 2. The molecule has 0 saturated heterocycles. The van der Waals surface area contributed by atoms with E-state index in [1.165, 1.54) is 0 Å². The van der Waals surface area contributed by atoms with Crippen molar-refractivity contribution in [1.82, 2.24) is 0 Å². The number of nitriles is 2. The van der Waals surface area contributed by atoms with E-state index in [9.17, 15) is 4.39 Å². The van der Waals surface area contributed by atoms with Crippen LogP contribution in [0.3, 0.4) is 0 Å². The van der Waals surface area contributed by atoms with Gasteiger partial charge in [-0.2, -0.15) is 14.9 Å². The van der Waals surface area contributed by atoms with E-state index < -0.39 is 12.0 Å². The van der Waals surface area contributed by atoms with Crippen LogP contribution in [-0.2, 0) is 0 Å². The molecule has 5 heteroatoms. The Morgan fingerprint density at radius 2 is 2.00 bits per heavy atom. The molecule has 0 fully saturated rings. The van der Waals surface area contributed by atoms with Gasteiger partial charge in [0.2, 0.25) is 6.10 Å². The number of aliphatic hydroxyl groups excluding tert-OH is 1. The Morgan fingerprint density at radius 3 is 2.11 bits per heavy atom. The highest BCUT2D eigenvalue weighted by Crippen LogP contribution is 2.09. The van der Waals surface area contributed by atoms with Gasteiger partial charge in [-0.25, -0.2) is 0 Å². The fraction of sp³-hybridized carbons (Fsp3) is 0.500. The molecule has 0 spiro atoms. The average Bonchev–Trinajstić information content (AvgIpc) is 1.86. The SMILES string of the molecule is N#CC(O)C(O)(F)C#N. The highest BCUT2D eigenvalue weighted by Gasteiger charge is 2.35. The molecule has 0 aliphatic carbocycles. The standard InChI is InChI=1S/C4H3FN2O2/c5-4(9,2-7)3(8)1-6/h3,8-9H. The smallest absolute Gasteiger partial charge is 0.334 e. The molecular formula is C4H3FN2O2. The molecule has 0 amide bonds. The first kappa shape index (κ1) is 7.83. The quantitative estimate of drug-likeness (QED) is 0.448. The van der Waals surface area contributed by atoms with E-state index in [2.05, 4.69) is 0 Å².